The monoisotopic (exact) mass is 282 g/mol. The smallest absolute Gasteiger partial charge is 0.258 e. The van der Waals surface area contributed by atoms with Crippen molar-refractivity contribution in [1.82, 2.24) is 4.31 Å². The zero-order valence-electron chi connectivity index (χ0n) is 10.2. The van der Waals surface area contributed by atoms with Crippen LogP contribution >= 0.6 is 0 Å². The average Bonchev–Trinajstić information content (AvgIpc) is 2.38. The second kappa shape index (κ2) is 6.26. The predicted octanol–water partition coefficient (Wildman–Crippen LogP) is 2.06. The summed E-state index contributed by atoms with van der Waals surface area (Å²) in [5.74, 6) is 0. The molecule has 102 valence electrons. The van der Waals surface area contributed by atoms with Crippen LogP contribution in [0.1, 0.15) is 5.56 Å². The molecule has 0 aromatic heterocycles. The molecule has 0 saturated heterocycles. The molecule has 0 aliphatic carbocycles. The van der Waals surface area contributed by atoms with E-state index in [1.165, 1.54) is 34.6 Å². The van der Waals surface area contributed by atoms with Crippen molar-refractivity contribution < 1.29 is 13.3 Å². The number of nitro groups is 1. The highest BCUT2D eigenvalue weighted by molar-refractivity contribution is 7.92. The second-order valence-corrected chi connectivity index (χ2v) is 5.60. The molecular formula is C12H14N2O4S. The van der Waals surface area contributed by atoms with Crippen LogP contribution in [0.3, 0.4) is 0 Å². The van der Waals surface area contributed by atoms with E-state index in [0.29, 0.717) is 5.56 Å². The molecule has 0 radical (unpaired) electrons. The fourth-order valence-electron chi connectivity index (χ4n) is 1.43. The van der Waals surface area contributed by atoms with E-state index in [4.69, 9.17) is 0 Å². The molecule has 0 heterocycles. The second-order valence-electron chi connectivity index (χ2n) is 3.72. The van der Waals surface area contributed by atoms with E-state index in [0.717, 1.165) is 5.41 Å². The molecule has 0 fully saturated rings. The number of sulfonamides is 1. The van der Waals surface area contributed by atoms with Gasteiger partial charge in [-0.2, -0.15) is 4.31 Å². The van der Waals surface area contributed by atoms with Crippen LogP contribution in [0.5, 0.6) is 0 Å². The summed E-state index contributed by atoms with van der Waals surface area (Å²) in [6, 6.07) is 5.71. The highest BCUT2D eigenvalue weighted by Crippen LogP contribution is 2.15. The number of hydrogen-bond donors (Lipinski definition) is 0. The minimum absolute atomic E-state index is 0.0365. The van der Waals surface area contributed by atoms with E-state index >= 15 is 0 Å². The summed E-state index contributed by atoms with van der Waals surface area (Å²) in [6.07, 6.45) is 1.46. The van der Waals surface area contributed by atoms with Gasteiger partial charge in [0.1, 0.15) is 0 Å². The Balaban J connectivity index is 2.94. The summed E-state index contributed by atoms with van der Waals surface area (Å²) in [5.41, 5.74) is 0.614. The van der Waals surface area contributed by atoms with Crippen molar-refractivity contribution in [3.05, 3.63) is 64.6 Å². The van der Waals surface area contributed by atoms with Crippen LogP contribution in [-0.2, 0) is 16.6 Å². The van der Waals surface area contributed by atoms with Crippen molar-refractivity contribution in [2.75, 3.05) is 6.54 Å². The third-order valence-corrected chi connectivity index (χ3v) is 3.83. The van der Waals surface area contributed by atoms with Crippen molar-refractivity contribution in [3.8, 4) is 0 Å². The number of nitrogens with zero attached hydrogens (tertiary/aromatic N) is 2. The Morgan fingerprint density at radius 2 is 1.84 bits per heavy atom. The Morgan fingerprint density at radius 1 is 1.26 bits per heavy atom. The Morgan fingerprint density at radius 3 is 2.26 bits per heavy atom. The highest BCUT2D eigenvalue weighted by Gasteiger charge is 2.17. The molecule has 0 bridgehead atoms. The number of non-ortho nitro benzene ring substituents is 1. The van der Waals surface area contributed by atoms with Crippen LogP contribution in [-0.4, -0.2) is 24.2 Å². The summed E-state index contributed by atoms with van der Waals surface area (Å²) >= 11 is 0. The lowest BCUT2D eigenvalue weighted by Gasteiger charge is -2.18. The van der Waals surface area contributed by atoms with Crippen LogP contribution in [0, 0.1) is 10.1 Å². The third-order valence-electron chi connectivity index (χ3n) is 2.41. The molecular weight excluding hydrogens is 268 g/mol. The molecule has 1 aromatic carbocycles. The fourth-order valence-corrected chi connectivity index (χ4v) is 2.29. The lowest BCUT2D eigenvalue weighted by atomic mass is 10.2. The van der Waals surface area contributed by atoms with Gasteiger partial charge in [0.2, 0.25) is 10.0 Å². The molecule has 19 heavy (non-hydrogen) atoms. The van der Waals surface area contributed by atoms with Crippen LogP contribution in [0.25, 0.3) is 0 Å². The van der Waals surface area contributed by atoms with Crippen LogP contribution < -0.4 is 0 Å². The number of nitro benzene ring substituents is 1. The predicted molar refractivity (Wildman–Crippen MR) is 72.8 cm³/mol. The Labute approximate surface area is 111 Å². The van der Waals surface area contributed by atoms with Gasteiger partial charge in [-0.15, -0.1) is 6.58 Å². The van der Waals surface area contributed by atoms with E-state index in [-0.39, 0.29) is 18.8 Å². The van der Waals surface area contributed by atoms with Crippen LogP contribution in [0.15, 0.2) is 48.9 Å². The minimum atomic E-state index is -3.55. The molecule has 0 saturated carbocycles. The summed E-state index contributed by atoms with van der Waals surface area (Å²) in [7, 11) is -3.55. The molecule has 7 heteroatoms. The summed E-state index contributed by atoms with van der Waals surface area (Å²) in [6.45, 7) is 7.01. The zero-order chi connectivity index (χ0) is 14.5. The van der Waals surface area contributed by atoms with Crippen molar-refractivity contribution in [3.63, 3.8) is 0 Å². The quantitative estimate of drug-likeness (QED) is 0.435. The van der Waals surface area contributed by atoms with Crippen molar-refractivity contribution in [1.29, 1.82) is 0 Å². The highest BCUT2D eigenvalue weighted by atomic mass is 32.2. The molecule has 0 unspecified atom stereocenters. The van der Waals surface area contributed by atoms with Crippen molar-refractivity contribution >= 4 is 15.7 Å². The number of benzene rings is 1. The zero-order valence-corrected chi connectivity index (χ0v) is 11.0. The van der Waals surface area contributed by atoms with Gasteiger partial charge in [0.15, 0.2) is 0 Å². The third kappa shape index (κ3) is 4.01. The van der Waals surface area contributed by atoms with Gasteiger partial charge >= 0.3 is 0 Å². The molecule has 0 aliphatic rings. The van der Waals surface area contributed by atoms with Gasteiger partial charge in [-0.3, -0.25) is 10.1 Å². The molecule has 0 spiro atoms. The largest absolute Gasteiger partial charge is 0.269 e. The van der Waals surface area contributed by atoms with Crippen LogP contribution in [0.4, 0.5) is 5.69 Å². The maximum atomic E-state index is 11.7. The summed E-state index contributed by atoms with van der Waals surface area (Å²) in [5, 5.41) is 11.4. The lowest BCUT2D eigenvalue weighted by Crippen LogP contribution is -2.28. The Kier molecular flexibility index (Phi) is 4.96. The van der Waals surface area contributed by atoms with E-state index < -0.39 is 14.9 Å². The van der Waals surface area contributed by atoms with Gasteiger partial charge in [0, 0.05) is 30.6 Å². The topological polar surface area (TPSA) is 80.5 Å². The van der Waals surface area contributed by atoms with E-state index in [2.05, 4.69) is 13.2 Å². The number of rotatable bonds is 7. The minimum Gasteiger partial charge on any atom is -0.258 e. The Hall–Kier alpha value is -1.99. The first kappa shape index (κ1) is 15.1. The summed E-state index contributed by atoms with van der Waals surface area (Å²) < 4.78 is 24.6. The first-order valence-corrected chi connectivity index (χ1v) is 6.88. The van der Waals surface area contributed by atoms with E-state index in [1.54, 1.807) is 0 Å². The maximum absolute atomic E-state index is 11.7. The van der Waals surface area contributed by atoms with E-state index in [1.807, 2.05) is 0 Å². The van der Waals surface area contributed by atoms with Gasteiger partial charge in [-0.1, -0.05) is 24.8 Å². The molecule has 6 nitrogen and oxygen atoms in total. The molecule has 0 aliphatic heterocycles. The van der Waals surface area contributed by atoms with Crippen molar-refractivity contribution in [2.24, 2.45) is 0 Å². The van der Waals surface area contributed by atoms with E-state index in [9.17, 15) is 18.5 Å². The first-order chi connectivity index (χ1) is 8.90. The Bertz CT molecular complexity index is 578. The average molecular weight is 282 g/mol. The molecule has 1 rings (SSSR count). The van der Waals surface area contributed by atoms with Gasteiger partial charge in [-0.05, 0) is 5.56 Å². The van der Waals surface area contributed by atoms with Gasteiger partial charge in [0.25, 0.3) is 5.69 Å². The molecule has 0 atom stereocenters. The normalized spacial score (nSPS) is 11.2. The molecule has 0 amide bonds. The number of hydrogen-bond acceptors (Lipinski definition) is 4. The maximum Gasteiger partial charge on any atom is 0.269 e. The van der Waals surface area contributed by atoms with Gasteiger partial charge in [-0.25, -0.2) is 8.42 Å². The molecule has 0 N–H and O–H groups in total. The standard InChI is InChI=1S/C12H14N2O4S/c1-3-9-13(19(17,18)4-2)10-11-5-7-12(8-6-11)14(15)16/h3-8H,1-2,9-10H2. The van der Waals surface area contributed by atoms with Crippen molar-refractivity contribution in [2.45, 2.75) is 6.54 Å². The SMILES string of the molecule is C=CCN(Cc1ccc([N+](=O)[O-])cc1)S(=O)(=O)C=C. The molecule has 1 aromatic rings. The first-order valence-electron chi connectivity index (χ1n) is 5.37. The lowest BCUT2D eigenvalue weighted by molar-refractivity contribution is -0.384. The fraction of sp³-hybridized carbons (Fsp3) is 0.167. The van der Waals surface area contributed by atoms with Gasteiger partial charge in [0.05, 0.1) is 4.92 Å². The van der Waals surface area contributed by atoms with Crippen LogP contribution in [0.2, 0.25) is 0 Å². The summed E-state index contributed by atoms with van der Waals surface area (Å²) in [4.78, 5) is 10.0. The van der Waals surface area contributed by atoms with Gasteiger partial charge < -0.3 is 0 Å².